The lowest BCUT2D eigenvalue weighted by Crippen LogP contribution is -2.96. The Labute approximate surface area is 358 Å². The molecule has 1 amide bonds. The van der Waals surface area contributed by atoms with Crippen LogP contribution in [0.2, 0.25) is 0 Å². The van der Waals surface area contributed by atoms with E-state index in [4.69, 9.17) is 52.1 Å². The van der Waals surface area contributed by atoms with Crippen molar-refractivity contribution in [2.75, 3.05) is 20.0 Å². The van der Waals surface area contributed by atoms with Gasteiger partial charge in [0.15, 0.2) is 5.79 Å². The summed E-state index contributed by atoms with van der Waals surface area (Å²) in [6.45, 7) is 9.23. The van der Waals surface area contributed by atoms with Crippen molar-refractivity contribution in [2.24, 2.45) is 5.92 Å². The summed E-state index contributed by atoms with van der Waals surface area (Å²) in [5.74, 6) is -8.80. The number of amides is 1. The Morgan fingerprint density at radius 2 is 1.35 bits per heavy atom. The standard InChI is InChI=1S/C45H51NO16/c1-27(47)56-39-44(46-40(51)62-41(3,4)5)33(32-24-55-42(6,7)58-32)34-43(57-28(2)48,25-53-37(49)30-19-13-9-14-20-30)35(36(44)54-26-52-23-29-17-11-8-12-18-29)60-45(39,59-34)61-38(50)31-21-15-10-16-22-31/h8-22,32-36,39H,23-26H2,1-7H3,(H,46,51)/t32-,33+,34-,35+,36-,39+,43+,44-,45+/m1/s1. The van der Waals surface area contributed by atoms with Crippen molar-refractivity contribution < 1.29 is 76.1 Å². The highest BCUT2D eigenvalue weighted by atomic mass is 16.9. The SMILES string of the molecule is CC(=O)O[C@@H]1[C@]2(OC(=O)c3ccccc3)O[C@@H]3[C@H]([C@H]4COC(C)(C)O4)[C@@]1(NC(=O)OC(C)(C)C)[C@H](OCOCc1ccccc1)[C@H](O2)[C@@]3(COC(=O)c1ccccc1)OC(C)=O. The average molecular weight is 862 g/mol. The highest BCUT2D eigenvalue weighted by Gasteiger charge is 2.87. The molecule has 4 saturated heterocycles. The van der Waals surface area contributed by atoms with Crippen LogP contribution in [0.25, 0.3) is 0 Å². The van der Waals surface area contributed by atoms with Gasteiger partial charge in [0.2, 0.25) is 11.7 Å². The van der Waals surface area contributed by atoms with E-state index < -0.39 is 108 Å². The summed E-state index contributed by atoms with van der Waals surface area (Å²) in [6, 6.07) is 25.2. The Bertz CT molecular complexity index is 2110. The fourth-order valence-corrected chi connectivity index (χ4v) is 8.66. The van der Waals surface area contributed by atoms with Crippen molar-refractivity contribution in [3.8, 4) is 0 Å². The summed E-state index contributed by atoms with van der Waals surface area (Å²) in [7, 11) is 0. The van der Waals surface area contributed by atoms with Crippen LogP contribution in [-0.2, 0) is 68.3 Å². The minimum atomic E-state index is -2.70. The molecule has 3 aromatic carbocycles. The number of hydrogen-bond acceptors (Lipinski definition) is 16. The van der Waals surface area contributed by atoms with Crippen LogP contribution in [0.4, 0.5) is 4.79 Å². The first-order valence-corrected chi connectivity index (χ1v) is 20.2. The maximum Gasteiger partial charge on any atom is 0.408 e. The zero-order valence-electron chi connectivity index (χ0n) is 35.5. The van der Waals surface area contributed by atoms with Gasteiger partial charge in [0.25, 0.3) is 0 Å². The van der Waals surface area contributed by atoms with Crippen LogP contribution in [0, 0.1) is 5.92 Å². The molecular weight excluding hydrogens is 810 g/mol. The minimum absolute atomic E-state index is 0.0575. The lowest BCUT2D eigenvalue weighted by atomic mass is 9.54. The predicted octanol–water partition coefficient (Wildman–Crippen LogP) is 4.99. The molecule has 8 rings (SSSR count). The first kappa shape index (κ1) is 44.6. The Hall–Kier alpha value is -5.43. The van der Waals surface area contributed by atoms with Crippen molar-refractivity contribution >= 4 is 30.0 Å². The van der Waals surface area contributed by atoms with Gasteiger partial charge in [0.1, 0.15) is 42.9 Å². The number of nitrogens with one attached hydrogen (secondary N) is 1. The van der Waals surface area contributed by atoms with Crippen molar-refractivity contribution in [1.82, 2.24) is 5.32 Å². The maximum atomic E-state index is 14.4. The van der Waals surface area contributed by atoms with E-state index in [9.17, 15) is 24.0 Å². The van der Waals surface area contributed by atoms with Crippen LogP contribution < -0.4 is 5.32 Å². The lowest BCUT2D eigenvalue weighted by molar-refractivity contribution is -0.545. The number of rotatable bonds is 14. The fraction of sp³-hybridized carbons (Fsp3) is 0.489. The number of esters is 4. The molecule has 0 unspecified atom stereocenters. The third kappa shape index (κ3) is 8.91. The van der Waals surface area contributed by atoms with Crippen LogP contribution >= 0.6 is 0 Å². The van der Waals surface area contributed by atoms with E-state index >= 15 is 0 Å². The highest BCUT2D eigenvalue weighted by molar-refractivity contribution is 5.90. The second-order valence-corrected chi connectivity index (χ2v) is 16.9. The van der Waals surface area contributed by atoms with Crippen LogP contribution in [-0.4, -0.2) is 109 Å². The Morgan fingerprint density at radius 1 is 0.758 bits per heavy atom. The molecule has 4 heterocycles. The zero-order valence-corrected chi connectivity index (χ0v) is 35.5. The van der Waals surface area contributed by atoms with Crippen molar-refractivity contribution in [1.29, 1.82) is 0 Å². The topological polar surface area (TPSA) is 199 Å². The summed E-state index contributed by atoms with van der Waals surface area (Å²) in [6.07, 6.45) is -8.85. The van der Waals surface area contributed by atoms with Crippen molar-refractivity contribution in [3.63, 3.8) is 0 Å². The number of alkyl carbamates (subject to hydrolysis) is 1. The molecule has 1 saturated carbocycles. The quantitative estimate of drug-likeness (QED) is 0.0983. The second-order valence-electron chi connectivity index (χ2n) is 16.9. The fourth-order valence-electron chi connectivity index (χ4n) is 8.66. The van der Waals surface area contributed by atoms with Crippen LogP contribution in [0.15, 0.2) is 91.0 Å². The summed E-state index contributed by atoms with van der Waals surface area (Å²) in [4.78, 5) is 69.1. The van der Waals surface area contributed by atoms with Gasteiger partial charge < -0.3 is 57.4 Å². The third-order valence-corrected chi connectivity index (χ3v) is 10.8. The second kappa shape index (κ2) is 17.4. The molecule has 5 fully saturated rings. The zero-order chi connectivity index (χ0) is 44.5. The van der Waals surface area contributed by atoms with Gasteiger partial charge in [-0.05, 0) is 64.4 Å². The molecule has 1 N–H and O–H groups in total. The Morgan fingerprint density at radius 3 is 1.92 bits per heavy atom. The summed E-state index contributed by atoms with van der Waals surface area (Å²) in [5.41, 5.74) is -4.33. The highest BCUT2D eigenvalue weighted by Crippen LogP contribution is 2.63. The lowest BCUT2D eigenvalue weighted by Gasteiger charge is -2.72. The van der Waals surface area contributed by atoms with Crippen LogP contribution in [0.1, 0.15) is 74.7 Å². The molecule has 0 spiro atoms. The molecule has 9 atom stereocenters. The summed E-state index contributed by atoms with van der Waals surface area (Å²) >= 11 is 0. The molecule has 17 nitrogen and oxygen atoms in total. The molecule has 5 aliphatic rings. The number of ether oxygens (including phenoxy) is 11. The minimum Gasteiger partial charge on any atom is -0.458 e. The van der Waals surface area contributed by atoms with Gasteiger partial charge in [-0.3, -0.25) is 9.59 Å². The molecule has 332 valence electrons. The predicted molar refractivity (Wildman–Crippen MR) is 213 cm³/mol. The number of carbonyl (C=O) groups excluding carboxylic acids is 5. The van der Waals surface area contributed by atoms with Gasteiger partial charge in [0, 0.05) is 19.8 Å². The Balaban J connectivity index is 1.45. The van der Waals surface area contributed by atoms with Crippen molar-refractivity contribution in [3.05, 3.63) is 108 Å². The van der Waals surface area contributed by atoms with E-state index in [-0.39, 0.29) is 24.3 Å². The normalized spacial score (nSPS) is 30.5. The van der Waals surface area contributed by atoms with E-state index in [1.165, 1.54) is 24.3 Å². The summed E-state index contributed by atoms with van der Waals surface area (Å²) < 4.78 is 69.1. The molecule has 4 bridgehead atoms. The van der Waals surface area contributed by atoms with Crippen LogP contribution in [0.3, 0.4) is 0 Å². The monoisotopic (exact) mass is 861 g/mol. The third-order valence-electron chi connectivity index (χ3n) is 10.8. The van der Waals surface area contributed by atoms with Gasteiger partial charge in [-0.1, -0.05) is 66.7 Å². The van der Waals surface area contributed by atoms with Gasteiger partial charge in [0.05, 0.1) is 30.4 Å². The van der Waals surface area contributed by atoms with Gasteiger partial charge in [-0.25, -0.2) is 14.4 Å². The molecule has 0 aromatic heterocycles. The van der Waals surface area contributed by atoms with E-state index in [1.807, 2.05) is 30.3 Å². The molecule has 1 aliphatic carbocycles. The molecule has 4 aliphatic heterocycles. The first-order chi connectivity index (χ1) is 29.4. The van der Waals surface area contributed by atoms with E-state index in [2.05, 4.69) is 5.32 Å². The van der Waals surface area contributed by atoms with E-state index in [0.717, 1.165) is 19.4 Å². The average Bonchev–Trinajstić information content (AvgIpc) is 3.57. The van der Waals surface area contributed by atoms with Gasteiger partial charge >= 0.3 is 35.9 Å². The number of hydrogen-bond donors (Lipinski definition) is 1. The molecule has 3 aromatic rings. The smallest absolute Gasteiger partial charge is 0.408 e. The van der Waals surface area contributed by atoms with E-state index in [1.54, 1.807) is 71.0 Å². The molecular formula is C45H51NO16. The van der Waals surface area contributed by atoms with Gasteiger partial charge in [-0.2, -0.15) is 0 Å². The first-order valence-electron chi connectivity index (χ1n) is 20.2. The number of carbonyl (C=O) groups is 5. The largest absolute Gasteiger partial charge is 0.458 e. The van der Waals surface area contributed by atoms with Crippen molar-refractivity contribution in [2.45, 2.75) is 114 Å². The van der Waals surface area contributed by atoms with E-state index in [0.29, 0.717) is 0 Å². The molecule has 17 heteroatoms. The summed E-state index contributed by atoms with van der Waals surface area (Å²) in [5, 5.41) is 2.97. The van der Waals surface area contributed by atoms with Crippen LogP contribution in [0.5, 0.6) is 0 Å². The molecule has 0 radical (unpaired) electrons. The molecule has 62 heavy (non-hydrogen) atoms. The Kier molecular flexibility index (Phi) is 12.5. The maximum absolute atomic E-state index is 14.4. The van der Waals surface area contributed by atoms with Gasteiger partial charge in [-0.15, -0.1) is 0 Å². The number of benzene rings is 3.